The highest BCUT2D eigenvalue weighted by atomic mass is 16.4. The summed E-state index contributed by atoms with van der Waals surface area (Å²) in [5.74, 6) is 0.423. The van der Waals surface area contributed by atoms with Gasteiger partial charge in [0.2, 0.25) is 0 Å². The van der Waals surface area contributed by atoms with Crippen molar-refractivity contribution >= 4 is 17.7 Å². The third-order valence-electron chi connectivity index (χ3n) is 7.57. The Morgan fingerprint density at radius 2 is 1.81 bits per heavy atom. The number of aromatic nitrogens is 1. The van der Waals surface area contributed by atoms with Gasteiger partial charge in [0.05, 0.1) is 17.2 Å². The van der Waals surface area contributed by atoms with Gasteiger partial charge in [0.25, 0.3) is 5.91 Å². The summed E-state index contributed by atoms with van der Waals surface area (Å²) in [6.07, 6.45) is 10.6. The number of carbonyl (C=O) groups is 2. The largest absolute Gasteiger partial charge is 0.481 e. The van der Waals surface area contributed by atoms with Crippen molar-refractivity contribution in [2.24, 2.45) is 11.8 Å². The lowest BCUT2D eigenvalue weighted by atomic mass is 9.85. The zero-order chi connectivity index (χ0) is 23.1. The number of hydrogen-bond acceptors (Lipinski definition) is 4. The van der Waals surface area contributed by atoms with Gasteiger partial charge in [0.1, 0.15) is 5.82 Å². The fourth-order valence-electron chi connectivity index (χ4n) is 5.37. The first-order chi connectivity index (χ1) is 15.4. The molecule has 1 amide bonds. The maximum absolute atomic E-state index is 13.2. The lowest BCUT2D eigenvalue weighted by molar-refractivity contribution is -0.143. The Kier molecular flexibility index (Phi) is 8.94. The second-order valence-corrected chi connectivity index (χ2v) is 9.76. The number of carboxylic acids is 1. The number of nitrogens with zero attached hydrogens (tertiary/aromatic N) is 2. The molecule has 2 atom stereocenters. The molecule has 32 heavy (non-hydrogen) atoms. The van der Waals surface area contributed by atoms with Gasteiger partial charge >= 0.3 is 5.97 Å². The zero-order valence-corrected chi connectivity index (χ0v) is 20.1. The molecule has 2 aliphatic rings. The van der Waals surface area contributed by atoms with E-state index in [-0.39, 0.29) is 29.7 Å². The Labute approximate surface area is 193 Å². The molecule has 1 aromatic rings. The van der Waals surface area contributed by atoms with Gasteiger partial charge in [-0.15, -0.1) is 0 Å². The average molecular weight is 444 g/mol. The highest BCUT2D eigenvalue weighted by Crippen LogP contribution is 2.32. The molecule has 3 rings (SSSR count). The van der Waals surface area contributed by atoms with Crippen molar-refractivity contribution in [2.75, 3.05) is 18.0 Å². The molecule has 6 nitrogen and oxygen atoms in total. The van der Waals surface area contributed by atoms with Gasteiger partial charge in [-0.1, -0.05) is 46.5 Å². The van der Waals surface area contributed by atoms with Crippen molar-refractivity contribution < 1.29 is 14.7 Å². The van der Waals surface area contributed by atoms with E-state index in [1.165, 1.54) is 19.3 Å². The molecule has 2 heterocycles. The summed E-state index contributed by atoms with van der Waals surface area (Å²) in [5, 5.41) is 12.6. The number of nitrogens with one attached hydrogen (secondary N) is 1. The highest BCUT2D eigenvalue weighted by molar-refractivity contribution is 5.96. The lowest BCUT2D eigenvalue weighted by Gasteiger charge is -2.35. The van der Waals surface area contributed by atoms with E-state index in [1.807, 2.05) is 19.1 Å². The number of carboxylic acid groups (broad SMARTS) is 1. The lowest BCUT2D eigenvalue weighted by Crippen LogP contribution is -2.38. The molecule has 0 bridgehead atoms. The average Bonchev–Trinajstić information content (AvgIpc) is 2.82. The molecule has 1 saturated heterocycles. The predicted octanol–water partition coefficient (Wildman–Crippen LogP) is 5.37. The van der Waals surface area contributed by atoms with Crippen LogP contribution in [-0.4, -0.2) is 41.1 Å². The first-order valence-corrected chi connectivity index (χ1v) is 12.7. The number of rotatable bonds is 9. The van der Waals surface area contributed by atoms with E-state index in [9.17, 15) is 14.7 Å². The maximum atomic E-state index is 13.2. The van der Waals surface area contributed by atoms with Gasteiger partial charge in [-0.05, 0) is 56.6 Å². The Morgan fingerprint density at radius 1 is 1.12 bits per heavy atom. The second kappa shape index (κ2) is 11.7. The second-order valence-electron chi connectivity index (χ2n) is 9.76. The molecular weight excluding hydrogens is 402 g/mol. The third kappa shape index (κ3) is 6.02. The van der Waals surface area contributed by atoms with Gasteiger partial charge in [-0.3, -0.25) is 9.59 Å². The molecule has 2 unspecified atom stereocenters. The minimum atomic E-state index is -0.706. The number of carbonyl (C=O) groups excluding carboxylic acids is 1. The van der Waals surface area contributed by atoms with E-state index in [0.717, 1.165) is 75.1 Å². The van der Waals surface area contributed by atoms with Crippen LogP contribution in [0.4, 0.5) is 5.82 Å². The molecule has 1 saturated carbocycles. The Morgan fingerprint density at radius 3 is 2.41 bits per heavy atom. The van der Waals surface area contributed by atoms with Crippen LogP contribution in [0.15, 0.2) is 12.1 Å². The minimum Gasteiger partial charge on any atom is -0.481 e. The fourth-order valence-corrected chi connectivity index (χ4v) is 5.37. The van der Waals surface area contributed by atoms with Crippen LogP contribution in [0.3, 0.4) is 0 Å². The summed E-state index contributed by atoms with van der Waals surface area (Å²) < 4.78 is 0. The summed E-state index contributed by atoms with van der Waals surface area (Å²) in [5.41, 5.74) is 1.66. The Bertz CT molecular complexity index is 768. The number of pyridine rings is 1. The Balaban J connectivity index is 1.78. The minimum absolute atomic E-state index is 0.0227. The standard InChI is InChI=1S/C26H41N3O3/c1-4-9-19(5-2)24-22(25(30)27-21-10-7-6-8-11-21)12-13-23(28-24)29-16-14-20(15-17-29)18(3)26(31)32/h12-13,18-21H,4-11,14-17H2,1-3H3,(H,27,30)(H,31,32). The van der Waals surface area contributed by atoms with Gasteiger partial charge in [-0.25, -0.2) is 4.98 Å². The number of aliphatic carboxylic acids is 1. The van der Waals surface area contributed by atoms with Crippen molar-refractivity contribution in [3.63, 3.8) is 0 Å². The molecule has 178 valence electrons. The predicted molar refractivity (Wildman–Crippen MR) is 128 cm³/mol. The summed E-state index contributed by atoms with van der Waals surface area (Å²) in [4.78, 5) is 31.9. The summed E-state index contributed by atoms with van der Waals surface area (Å²) in [6, 6.07) is 4.24. The summed E-state index contributed by atoms with van der Waals surface area (Å²) >= 11 is 0. The topological polar surface area (TPSA) is 82.5 Å². The summed E-state index contributed by atoms with van der Waals surface area (Å²) in [7, 11) is 0. The van der Waals surface area contributed by atoms with Crippen molar-refractivity contribution in [3.8, 4) is 0 Å². The van der Waals surface area contributed by atoms with Crippen LogP contribution in [0, 0.1) is 11.8 Å². The van der Waals surface area contributed by atoms with Gasteiger partial charge in [0, 0.05) is 25.0 Å². The molecule has 0 aromatic carbocycles. The number of piperidine rings is 1. The number of amides is 1. The van der Waals surface area contributed by atoms with Crippen LogP contribution >= 0.6 is 0 Å². The van der Waals surface area contributed by atoms with Crippen LogP contribution in [-0.2, 0) is 4.79 Å². The maximum Gasteiger partial charge on any atom is 0.306 e. The zero-order valence-electron chi connectivity index (χ0n) is 20.1. The molecular formula is C26H41N3O3. The number of anilines is 1. The van der Waals surface area contributed by atoms with Crippen molar-refractivity contribution in [1.82, 2.24) is 10.3 Å². The molecule has 1 aliphatic heterocycles. The van der Waals surface area contributed by atoms with Crippen LogP contribution in [0.25, 0.3) is 0 Å². The van der Waals surface area contributed by atoms with Gasteiger partial charge < -0.3 is 15.3 Å². The normalized spacial score (nSPS) is 20.0. The van der Waals surface area contributed by atoms with Crippen LogP contribution < -0.4 is 10.2 Å². The smallest absolute Gasteiger partial charge is 0.306 e. The van der Waals surface area contributed by atoms with Crippen molar-refractivity contribution in [1.29, 1.82) is 0 Å². The molecule has 1 aromatic heterocycles. The van der Waals surface area contributed by atoms with E-state index < -0.39 is 5.97 Å². The van der Waals surface area contributed by atoms with Crippen molar-refractivity contribution in [3.05, 3.63) is 23.4 Å². The van der Waals surface area contributed by atoms with Crippen molar-refractivity contribution in [2.45, 2.75) is 96.9 Å². The van der Waals surface area contributed by atoms with E-state index >= 15 is 0 Å². The van der Waals surface area contributed by atoms with Crippen LogP contribution in [0.1, 0.15) is 107 Å². The van der Waals surface area contributed by atoms with E-state index in [1.54, 1.807) is 0 Å². The SMILES string of the molecule is CCCC(CC)c1nc(N2CCC(C(C)C(=O)O)CC2)ccc1C(=O)NC1CCCCC1. The van der Waals surface area contributed by atoms with Gasteiger partial charge in [0.15, 0.2) is 0 Å². The first kappa shape index (κ1) is 24.5. The molecule has 6 heteroatoms. The van der Waals surface area contributed by atoms with E-state index in [2.05, 4.69) is 24.1 Å². The third-order valence-corrected chi connectivity index (χ3v) is 7.57. The van der Waals surface area contributed by atoms with Crippen LogP contribution in [0.5, 0.6) is 0 Å². The monoisotopic (exact) mass is 443 g/mol. The molecule has 0 spiro atoms. The van der Waals surface area contributed by atoms with E-state index in [0.29, 0.717) is 0 Å². The molecule has 1 aliphatic carbocycles. The molecule has 0 radical (unpaired) electrons. The molecule has 2 fully saturated rings. The van der Waals surface area contributed by atoms with Gasteiger partial charge in [-0.2, -0.15) is 0 Å². The summed E-state index contributed by atoms with van der Waals surface area (Å²) in [6.45, 7) is 7.80. The highest BCUT2D eigenvalue weighted by Gasteiger charge is 2.29. The quantitative estimate of drug-likeness (QED) is 0.536. The molecule has 2 N–H and O–H groups in total. The fraction of sp³-hybridized carbons (Fsp3) is 0.731. The van der Waals surface area contributed by atoms with E-state index in [4.69, 9.17) is 4.98 Å². The first-order valence-electron chi connectivity index (χ1n) is 12.7. The van der Waals surface area contributed by atoms with Crippen LogP contribution in [0.2, 0.25) is 0 Å². The number of hydrogen-bond donors (Lipinski definition) is 2. The Hall–Kier alpha value is -2.11.